The van der Waals surface area contributed by atoms with E-state index < -0.39 is 5.60 Å². The highest BCUT2D eigenvalue weighted by Crippen LogP contribution is 2.25. The summed E-state index contributed by atoms with van der Waals surface area (Å²) in [7, 11) is 1.08. The molecule has 0 amide bonds. The molecular formula is C13H22O2Si. The summed E-state index contributed by atoms with van der Waals surface area (Å²) >= 11 is 0. The Morgan fingerprint density at radius 1 is 1.31 bits per heavy atom. The number of ether oxygens (including phenoxy) is 1. The Morgan fingerprint density at radius 2 is 1.94 bits per heavy atom. The fourth-order valence-electron chi connectivity index (χ4n) is 1.81. The van der Waals surface area contributed by atoms with Crippen molar-refractivity contribution in [1.82, 2.24) is 0 Å². The summed E-state index contributed by atoms with van der Waals surface area (Å²) in [5.74, 6) is 0. The minimum absolute atomic E-state index is 0.680. The van der Waals surface area contributed by atoms with Gasteiger partial charge in [-0.15, -0.1) is 0 Å². The fraction of sp³-hybridized carbons (Fsp3) is 0.538. The minimum Gasteiger partial charge on any atom is -0.385 e. The van der Waals surface area contributed by atoms with E-state index in [4.69, 9.17) is 4.74 Å². The van der Waals surface area contributed by atoms with E-state index in [0.717, 1.165) is 34.9 Å². The SMILES string of the molecule is CCCC(C)(O)c1ccc(COC[SiH3])cc1. The van der Waals surface area contributed by atoms with Crippen molar-refractivity contribution in [2.45, 2.75) is 38.9 Å². The van der Waals surface area contributed by atoms with Gasteiger partial charge in [0.25, 0.3) is 0 Å². The van der Waals surface area contributed by atoms with Crippen LogP contribution in [-0.2, 0) is 16.9 Å². The first kappa shape index (κ1) is 13.4. The highest BCUT2D eigenvalue weighted by Gasteiger charge is 2.21. The number of aliphatic hydroxyl groups is 1. The molecule has 0 spiro atoms. The van der Waals surface area contributed by atoms with Crippen molar-refractivity contribution in [3.05, 3.63) is 35.4 Å². The van der Waals surface area contributed by atoms with Crippen LogP contribution in [0.2, 0.25) is 0 Å². The monoisotopic (exact) mass is 238 g/mol. The van der Waals surface area contributed by atoms with Gasteiger partial charge in [0, 0.05) is 16.5 Å². The quantitative estimate of drug-likeness (QED) is 0.762. The molecule has 16 heavy (non-hydrogen) atoms. The smallest absolute Gasteiger partial charge is 0.0868 e. The van der Waals surface area contributed by atoms with Crippen molar-refractivity contribution in [3.8, 4) is 0 Å². The summed E-state index contributed by atoms with van der Waals surface area (Å²) in [6.45, 7) is 4.64. The first-order valence-corrected chi connectivity index (χ1v) is 7.41. The maximum absolute atomic E-state index is 10.2. The molecule has 1 atom stereocenters. The maximum atomic E-state index is 10.2. The van der Waals surface area contributed by atoms with Gasteiger partial charge in [-0.1, -0.05) is 37.6 Å². The van der Waals surface area contributed by atoms with Crippen LogP contribution in [0.4, 0.5) is 0 Å². The van der Waals surface area contributed by atoms with E-state index in [9.17, 15) is 5.11 Å². The van der Waals surface area contributed by atoms with E-state index in [1.807, 2.05) is 31.2 Å². The van der Waals surface area contributed by atoms with Crippen molar-refractivity contribution < 1.29 is 9.84 Å². The topological polar surface area (TPSA) is 29.5 Å². The molecule has 0 fully saturated rings. The van der Waals surface area contributed by atoms with Crippen LogP contribution in [-0.4, -0.2) is 21.6 Å². The van der Waals surface area contributed by atoms with Gasteiger partial charge in [0.15, 0.2) is 0 Å². The zero-order valence-corrected chi connectivity index (χ0v) is 12.5. The van der Waals surface area contributed by atoms with Gasteiger partial charge in [-0.25, -0.2) is 0 Å². The highest BCUT2D eigenvalue weighted by molar-refractivity contribution is 6.08. The molecule has 0 bridgehead atoms. The second-order valence-corrected chi connectivity index (χ2v) is 4.94. The highest BCUT2D eigenvalue weighted by atomic mass is 28.1. The predicted molar refractivity (Wildman–Crippen MR) is 70.5 cm³/mol. The van der Waals surface area contributed by atoms with Crippen LogP contribution in [0.3, 0.4) is 0 Å². The summed E-state index contributed by atoms with van der Waals surface area (Å²) in [6.07, 6.45) is 2.65. The number of hydrogen-bond donors (Lipinski definition) is 1. The van der Waals surface area contributed by atoms with Crippen LogP contribution in [0.5, 0.6) is 0 Å². The van der Waals surface area contributed by atoms with Crippen LogP contribution in [0.25, 0.3) is 0 Å². The lowest BCUT2D eigenvalue weighted by atomic mass is 9.91. The molecular weight excluding hydrogens is 216 g/mol. The average Bonchev–Trinajstić information content (AvgIpc) is 2.27. The van der Waals surface area contributed by atoms with Gasteiger partial charge >= 0.3 is 0 Å². The first-order valence-electron chi connectivity index (χ1n) is 5.99. The largest absolute Gasteiger partial charge is 0.385 e. The summed E-state index contributed by atoms with van der Waals surface area (Å²) < 4.78 is 5.39. The fourth-order valence-corrected chi connectivity index (χ4v) is 2.02. The minimum atomic E-state index is -0.703. The molecule has 1 aromatic rings. The lowest BCUT2D eigenvalue weighted by Crippen LogP contribution is -2.20. The summed E-state index contributed by atoms with van der Waals surface area (Å²) in [4.78, 5) is 0. The van der Waals surface area contributed by atoms with Gasteiger partial charge in [-0.05, 0) is 24.5 Å². The molecule has 0 aliphatic heterocycles. The van der Waals surface area contributed by atoms with Crippen LogP contribution >= 0.6 is 0 Å². The number of benzene rings is 1. The normalized spacial score (nSPS) is 14.9. The van der Waals surface area contributed by atoms with Gasteiger partial charge in [0.1, 0.15) is 0 Å². The second-order valence-electron chi connectivity index (χ2n) is 4.36. The molecule has 1 aromatic carbocycles. The Hall–Kier alpha value is -0.643. The molecule has 2 nitrogen and oxygen atoms in total. The summed E-state index contributed by atoms with van der Waals surface area (Å²) in [6, 6.07) is 8.08. The van der Waals surface area contributed by atoms with Crippen LogP contribution < -0.4 is 0 Å². The van der Waals surface area contributed by atoms with E-state index in [-0.39, 0.29) is 0 Å². The molecule has 90 valence electrons. The molecule has 3 heteroatoms. The summed E-state index contributed by atoms with van der Waals surface area (Å²) in [5.41, 5.74) is 1.46. The van der Waals surface area contributed by atoms with E-state index in [1.165, 1.54) is 5.56 Å². The molecule has 0 aliphatic rings. The van der Waals surface area contributed by atoms with Crippen molar-refractivity contribution in [2.24, 2.45) is 0 Å². The van der Waals surface area contributed by atoms with E-state index in [0.29, 0.717) is 6.61 Å². The van der Waals surface area contributed by atoms with Gasteiger partial charge in [0.05, 0.1) is 12.2 Å². The Labute approximate surface area is 101 Å². The molecule has 0 saturated carbocycles. The zero-order chi connectivity index (χ0) is 12.0. The van der Waals surface area contributed by atoms with Crippen molar-refractivity contribution >= 4 is 10.2 Å². The molecule has 0 saturated heterocycles. The van der Waals surface area contributed by atoms with Gasteiger partial charge in [0.2, 0.25) is 0 Å². The number of rotatable bonds is 6. The Bertz CT molecular complexity index is 306. The summed E-state index contributed by atoms with van der Waals surface area (Å²) in [5, 5.41) is 10.2. The van der Waals surface area contributed by atoms with Crippen LogP contribution in [0, 0.1) is 0 Å². The molecule has 1 rings (SSSR count). The third-order valence-electron chi connectivity index (χ3n) is 2.79. The lowest BCUT2D eigenvalue weighted by molar-refractivity contribution is 0.0469. The molecule has 1 unspecified atom stereocenters. The molecule has 0 aliphatic carbocycles. The Balaban J connectivity index is 2.70. The molecule has 1 N–H and O–H groups in total. The van der Waals surface area contributed by atoms with Crippen LogP contribution in [0.1, 0.15) is 37.8 Å². The Morgan fingerprint density at radius 3 is 2.44 bits per heavy atom. The van der Waals surface area contributed by atoms with Gasteiger partial charge < -0.3 is 9.84 Å². The second kappa shape index (κ2) is 6.18. The van der Waals surface area contributed by atoms with Crippen LogP contribution in [0.15, 0.2) is 24.3 Å². The first-order chi connectivity index (χ1) is 7.60. The Kier molecular flexibility index (Phi) is 5.18. The lowest BCUT2D eigenvalue weighted by Gasteiger charge is -2.23. The standard InChI is InChI=1S/C13H22O2Si/c1-3-8-13(2,14)12-6-4-11(5-7-12)9-15-10-16/h4-7,14H,3,8-10H2,1-2,16H3. The maximum Gasteiger partial charge on any atom is 0.0868 e. The van der Waals surface area contributed by atoms with E-state index >= 15 is 0 Å². The number of hydrogen-bond acceptors (Lipinski definition) is 2. The van der Waals surface area contributed by atoms with Crippen molar-refractivity contribution in [3.63, 3.8) is 0 Å². The third-order valence-corrected chi connectivity index (χ3v) is 3.19. The van der Waals surface area contributed by atoms with E-state index in [1.54, 1.807) is 0 Å². The van der Waals surface area contributed by atoms with Gasteiger partial charge in [-0.2, -0.15) is 0 Å². The zero-order valence-electron chi connectivity index (χ0n) is 10.5. The molecule has 0 aromatic heterocycles. The predicted octanol–water partition coefficient (Wildman–Crippen LogP) is 1.53. The van der Waals surface area contributed by atoms with Crippen molar-refractivity contribution in [1.29, 1.82) is 0 Å². The third kappa shape index (κ3) is 3.74. The average molecular weight is 238 g/mol. The van der Waals surface area contributed by atoms with E-state index in [2.05, 4.69) is 6.92 Å². The van der Waals surface area contributed by atoms with Gasteiger partial charge in [-0.3, -0.25) is 0 Å². The molecule has 0 radical (unpaired) electrons. The molecule has 0 heterocycles. The van der Waals surface area contributed by atoms with Crippen molar-refractivity contribution in [2.75, 3.05) is 6.23 Å².